The first-order valence-corrected chi connectivity index (χ1v) is 8.45. The Bertz CT molecular complexity index is 336. The highest BCUT2D eigenvalue weighted by Gasteiger charge is 2.29. The van der Waals surface area contributed by atoms with E-state index in [1.807, 2.05) is 0 Å². The van der Waals surface area contributed by atoms with Gasteiger partial charge in [-0.25, -0.2) is 13.1 Å². The van der Waals surface area contributed by atoms with Crippen molar-refractivity contribution < 1.29 is 8.42 Å². The number of hydrogen-bond donors (Lipinski definition) is 2. The summed E-state index contributed by atoms with van der Waals surface area (Å²) in [5.41, 5.74) is 0. The van der Waals surface area contributed by atoms with Gasteiger partial charge >= 0.3 is 0 Å². The third kappa shape index (κ3) is 3.93. The van der Waals surface area contributed by atoms with E-state index in [4.69, 9.17) is 0 Å². The van der Waals surface area contributed by atoms with E-state index in [1.165, 1.54) is 6.42 Å². The van der Waals surface area contributed by atoms with Gasteiger partial charge in [0.1, 0.15) is 0 Å². The highest BCUT2D eigenvalue weighted by molar-refractivity contribution is 7.89. The lowest BCUT2D eigenvalue weighted by molar-refractivity contribution is 0.418. The Balaban J connectivity index is 1.85. The lowest BCUT2D eigenvalue weighted by Crippen LogP contribution is -2.45. The summed E-state index contributed by atoms with van der Waals surface area (Å²) in [4.78, 5) is 0. The van der Waals surface area contributed by atoms with E-state index < -0.39 is 10.0 Å². The van der Waals surface area contributed by atoms with Gasteiger partial charge in [-0.1, -0.05) is 19.8 Å². The molecule has 4 nitrogen and oxygen atoms in total. The van der Waals surface area contributed by atoms with Crippen LogP contribution in [0.2, 0.25) is 0 Å². The molecule has 1 saturated heterocycles. The van der Waals surface area contributed by atoms with Crippen LogP contribution in [-0.2, 0) is 10.0 Å². The zero-order valence-corrected chi connectivity index (χ0v) is 11.4. The van der Waals surface area contributed by atoms with Crippen molar-refractivity contribution in [2.45, 2.75) is 57.5 Å². The van der Waals surface area contributed by atoms with Crippen LogP contribution in [0, 0.1) is 5.92 Å². The first kappa shape index (κ1) is 13.3. The summed E-state index contributed by atoms with van der Waals surface area (Å²) in [5, 5.41) is 3.29. The molecule has 1 aliphatic carbocycles. The van der Waals surface area contributed by atoms with Gasteiger partial charge in [0.15, 0.2) is 0 Å². The number of sulfonamides is 1. The van der Waals surface area contributed by atoms with E-state index in [1.54, 1.807) is 0 Å². The first-order chi connectivity index (χ1) is 8.07. The van der Waals surface area contributed by atoms with E-state index in [9.17, 15) is 8.42 Å². The van der Waals surface area contributed by atoms with Crippen LogP contribution >= 0.6 is 0 Å². The van der Waals surface area contributed by atoms with Crippen molar-refractivity contribution in [2.24, 2.45) is 5.92 Å². The van der Waals surface area contributed by atoms with Gasteiger partial charge in [-0.05, 0) is 38.1 Å². The highest BCUT2D eigenvalue weighted by Crippen LogP contribution is 2.25. The minimum absolute atomic E-state index is 0.151. The number of rotatable bonds is 4. The van der Waals surface area contributed by atoms with E-state index in [0.717, 1.165) is 38.6 Å². The predicted molar refractivity (Wildman–Crippen MR) is 69.4 cm³/mol. The molecule has 2 aliphatic rings. The van der Waals surface area contributed by atoms with Crippen molar-refractivity contribution in [3.05, 3.63) is 0 Å². The quantitative estimate of drug-likeness (QED) is 0.799. The van der Waals surface area contributed by atoms with Gasteiger partial charge in [-0.15, -0.1) is 0 Å². The molecule has 17 heavy (non-hydrogen) atoms. The van der Waals surface area contributed by atoms with Gasteiger partial charge in [0.05, 0.1) is 5.75 Å². The molecule has 0 radical (unpaired) electrons. The first-order valence-electron chi connectivity index (χ1n) is 6.80. The summed E-state index contributed by atoms with van der Waals surface area (Å²) in [5.74, 6) is 0.736. The van der Waals surface area contributed by atoms with Crippen molar-refractivity contribution in [2.75, 3.05) is 12.3 Å². The molecule has 0 spiro atoms. The Morgan fingerprint density at radius 1 is 1.18 bits per heavy atom. The van der Waals surface area contributed by atoms with Crippen LogP contribution in [0.4, 0.5) is 0 Å². The standard InChI is InChI=1S/C12H24N2O2S/c1-10-5-4-7-12(10)14-17(15,16)9-11-6-2-3-8-13-11/h10-14H,2-9H2,1H3. The largest absolute Gasteiger partial charge is 0.313 e. The summed E-state index contributed by atoms with van der Waals surface area (Å²) < 4.78 is 27.0. The van der Waals surface area contributed by atoms with E-state index >= 15 is 0 Å². The number of hydrogen-bond acceptors (Lipinski definition) is 3. The third-order valence-electron chi connectivity index (χ3n) is 4.03. The zero-order valence-electron chi connectivity index (χ0n) is 10.6. The Morgan fingerprint density at radius 2 is 2.00 bits per heavy atom. The molecular weight excluding hydrogens is 236 g/mol. The summed E-state index contributed by atoms with van der Waals surface area (Å²) in [6.07, 6.45) is 6.60. The van der Waals surface area contributed by atoms with E-state index in [-0.39, 0.29) is 17.8 Å². The van der Waals surface area contributed by atoms with Gasteiger partial charge in [0.25, 0.3) is 0 Å². The van der Waals surface area contributed by atoms with Gasteiger partial charge in [-0.3, -0.25) is 0 Å². The minimum atomic E-state index is -3.11. The van der Waals surface area contributed by atoms with Gasteiger partial charge < -0.3 is 5.32 Å². The topological polar surface area (TPSA) is 58.2 Å². The Labute approximate surface area is 105 Å². The molecule has 1 saturated carbocycles. The normalized spacial score (nSPS) is 35.0. The van der Waals surface area contributed by atoms with Gasteiger partial charge in [0, 0.05) is 12.1 Å². The lowest BCUT2D eigenvalue weighted by Gasteiger charge is -2.25. The summed E-state index contributed by atoms with van der Waals surface area (Å²) >= 11 is 0. The lowest BCUT2D eigenvalue weighted by atomic mass is 10.1. The smallest absolute Gasteiger partial charge is 0.213 e. The van der Waals surface area contributed by atoms with Crippen molar-refractivity contribution in [3.63, 3.8) is 0 Å². The number of piperidine rings is 1. The van der Waals surface area contributed by atoms with Crippen LogP contribution in [-0.4, -0.2) is 32.8 Å². The number of nitrogens with one attached hydrogen (secondary N) is 2. The second-order valence-electron chi connectivity index (χ2n) is 5.56. The zero-order chi connectivity index (χ0) is 12.3. The second-order valence-corrected chi connectivity index (χ2v) is 7.36. The van der Waals surface area contributed by atoms with Crippen LogP contribution in [0.3, 0.4) is 0 Å². The molecule has 0 aromatic rings. The highest BCUT2D eigenvalue weighted by atomic mass is 32.2. The van der Waals surface area contributed by atoms with Crippen LogP contribution in [0.15, 0.2) is 0 Å². The van der Waals surface area contributed by atoms with Crippen molar-refractivity contribution in [1.82, 2.24) is 10.0 Å². The Kier molecular flexibility index (Phi) is 4.44. The average molecular weight is 260 g/mol. The van der Waals surface area contributed by atoms with Crippen LogP contribution in [0.1, 0.15) is 45.4 Å². The molecule has 1 heterocycles. The Morgan fingerprint density at radius 3 is 2.59 bits per heavy atom. The molecule has 1 aliphatic heterocycles. The van der Waals surface area contributed by atoms with Gasteiger partial charge in [-0.2, -0.15) is 0 Å². The molecule has 2 rings (SSSR count). The molecule has 5 heteroatoms. The summed E-state index contributed by atoms with van der Waals surface area (Å²) in [6, 6.07) is 0.321. The second kappa shape index (κ2) is 5.67. The molecule has 3 atom stereocenters. The Hall–Kier alpha value is -0.130. The summed E-state index contributed by atoms with van der Waals surface area (Å²) in [7, 11) is -3.11. The molecule has 0 aromatic carbocycles. The maximum absolute atomic E-state index is 12.0. The van der Waals surface area contributed by atoms with Crippen LogP contribution in [0.5, 0.6) is 0 Å². The molecule has 0 aromatic heterocycles. The van der Waals surface area contributed by atoms with Crippen molar-refractivity contribution in [3.8, 4) is 0 Å². The molecule has 0 amide bonds. The molecule has 2 N–H and O–H groups in total. The fraction of sp³-hybridized carbons (Fsp3) is 1.00. The monoisotopic (exact) mass is 260 g/mol. The van der Waals surface area contributed by atoms with Crippen LogP contribution < -0.4 is 10.0 Å². The maximum Gasteiger partial charge on any atom is 0.213 e. The average Bonchev–Trinajstić information content (AvgIpc) is 2.64. The fourth-order valence-corrected chi connectivity index (χ4v) is 4.65. The third-order valence-corrected chi connectivity index (χ3v) is 5.53. The van der Waals surface area contributed by atoms with Gasteiger partial charge in [0.2, 0.25) is 10.0 Å². The van der Waals surface area contributed by atoms with E-state index in [2.05, 4.69) is 17.0 Å². The molecule has 0 bridgehead atoms. The van der Waals surface area contributed by atoms with Crippen molar-refractivity contribution >= 4 is 10.0 Å². The van der Waals surface area contributed by atoms with Crippen molar-refractivity contribution in [1.29, 1.82) is 0 Å². The maximum atomic E-state index is 12.0. The molecule has 100 valence electrons. The molecule has 3 unspecified atom stereocenters. The molecular formula is C12H24N2O2S. The fourth-order valence-electron chi connectivity index (χ4n) is 2.93. The minimum Gasteiger partial charge on any atom is -0.313 e. The van der Waals surface area contributed by atoms with Crippen LogP contribution in [0.25, 0.3) is 0 Å². The molecule has 2 fully saturated rings. The predicted octanol–water partition coefficient (Wildman–Crippen LogP) is 1.24. The SMILES string of the molecule is CC1CCCC1NS(=O)(=O)CC1CCCCN1. The van der Waals surface area contributed by atoms with E-state index in [0.29, 0.717) is 5.92 Å². The summed E-state index contributed by atoms with van der Waals surface area (Å²) in [6.45, 7) is 3.10.